The fourth-order valence-electron chi connectivity index (χ4n) is 3.53. The highest BCUT2D eigenvalue weighted by atomic mass is 35.5. The van der Waals surface area contributed by atoms with Crippen LogP contribution in [0.5, 0.6) is 0 Å². The number of Topliss-reactive ketones (excluding diaryl/α,β-unsaturated/α-hetero) is 2. The third-order valence-electron chi connectivity index (χ3n) is 4.48. The van der Waals surface area contributed by atoms with Crippen LogP contribution in [0.3, 0.4) is 0 Å². The van der Waals surface area contributed by atoms with Gasteiger partial charge < -0.3 is 5.32 Å². The number of carbonyl (C=O) groups is 3. The predicted molar refractivity (Wildman–Crippen MR) is 97.6 cm³/mol. The molecule has 1 N–H and O–H groups in total. The van der Waals surface area contributed by atoms with Gasteiger partial charge >= 0.3 is 0 Å². The van der Waals surface area contributed by atoms with Crippen molar-refractivity contribution in [1.82, 2.24) is 5.32 Å². The first-order chi connectivity index (χ1) is 11.8. The van der Waals surface area contributed by atoms with E-state index in [9.17, 15) is 14.4 Å². The first-order valence-corrected chi connectivity index (χ1v) is 8.81. The van der Waals surface area contributed by atoms with E-state index in [1.807, 2.05) is 32.9 Å². The van der Waals surface area contributed by atoms with Gasteiger partial charge in [0.2, 0.25) is 5.91 Å². The average molecular weight is 360 g/mol. The van der Waals surface area contributed by atoms with Crippen molar-refractivity contribution in [1.29, 1.82) is 0 Å². The molecule has 2 unspecified atom stereocenters. The summed E-state index contributed by atoms with van der Waals surface area (Å²) in [6, 6.07) is 3.97. The second-order valence-corrected chi connectivity index (χ2v) is 6.75. The van der Waals surface area contributed by atoms with E-state index in [1.54, 1.807) is 0 Å². The quantitative estimate of drug-likeness (QED) is 0.510. The molecule has 2 rings (SSSR count). The van der Waals surface area contributed by atoms with Crippen LogP contribution in [0.15, 0.2) is 12.1 Å². The minimum atomic E-state index is -0.741. The minimum Gasteiger partial charge on any atom is -0.345 e. The fourth-order valence-corrected chi connectivity index (χ4v) is 3.62. The molecule has 1 amide bonds. The van der Waals surface area contributed by atoms with E-state index in [0.717, 1.165) is 22.3 Å². The van der Waals surface area contributed by atoms with E-state index in [4.69, 9.17) is 11.6 Å². The molecule has 1 aromatic rings. The van der Waals surface area contributed by atoms with Crippen molar-refractivity contribution >= 4 is 29.1 Å². The number of alkyl halides is 1. The molecule has 25 heavy (non-hydrogen) atoms. The molecule has 0 saturated heterocycles. The Kier molecular flexibility index (Phi) is 6.39. The molecular formula is C20H22ClNO3. The van der Waals surface area contributed by atoms with Gasteiger partial charge in [-0.15, -0.1) is 11.6 Å². The lowest BCUT2D eigenvalue weighted by Crippen LogP contribution is -2.27. The summed E-state index contributed by atoms with van der Waals surface area (Å²) in [4.78, 5) is 37.2. The number of hydrogen-bond acceptors (Lipinski definition) is 3. The van der Waals surface area contributed by atoms with Crippen LogP contribution in [0.25, 0.3) is 0 Å². The lowest BCUT2D eigenvalue weighted by molar-refractivity contribution is -0.128. The molecule has 1 fully saturated rings. The van der Waals surface area contributed by atoms with Crippen molar-refractivity contribution in [2.45, 2.75) is 39.5 Å². The summed E-state index contributed by atoms with van der Waals surface area (Å²) in [6.45, 7) is 6.03. The Bertz CT molecular complexity index is 750. The van der Waals surface area contributed by atoms with Gasteiger partial charge in [-0.05, 0) is 37.5 Å². The van der Waals surface area contributed by atoms with Gasteiger partial charge in [-0.1, -0.05) is 29.5 Å². The summed E-state index contributed by atoms with van der Waals surface area (Å²) in [7, 11) is 0. The zero-order valence-corrected chi connectivity index (χ0v) is 15.5. The smallest absolute Gasteiger partial charge is 0.221 e. The number of amides is 1. The topological polar surface area (TPSA) is 63.2 Å². The van der Waals surface area contributed by atoms with Crippen LogP contribution in [-0.2, 0) is 14.4 Å². The molecule has 1 saturated carbocycles. The average Bonchev–Trinajstić information content (AvgIpc) is 2.78. The Labute approximate surface area is 153 Å². The predicted octanol–water partition coefficient (Wildman–Crippen LogP) is 2.60. The molecule has 5 heteroatoms. The van der Waals surface area contributed by atoms with Gasteiger partial charge in [-0.3, -0.25) is 14.4 Å². The normalized spacial score (nSPS) is 19.5. The summed E-state index contributed by atoms with van der Waals surface area (Å²) >= 11 is 5.43. The zero-order chi connectivity index (χ0) is 18.6. The van der Waals surface area contributed by atoms with Crippen molar-refractivity contribution in [3.63, 3.8) is 0 Å². The number of nitrogens with one attached hydrogen (secondary N) is 1. The summed E-state index contributed by atoms with van der Waals surface area (Å²) in [6.07, 6.45) is 0.143. The molecule has 0 spiro atoms. The molecule has 4 nitrogen and oxygen atoms in total. The van der Waals surface area contributed by atoms with E-state index < -0.39 is 11.8 Å². The Morgan fingerprint density at radius 1 is 1.20 bits per heavy atom. The van der Waals surface area contributed by atoms with Crippen LogP contribution in [0.4, 0.5) is 0 Å². The molecule has 0 bridgehead atoms. The highest BCUT2D eigenvalue weighted by molar-refractivity contribution is 6.19. The van der Waals surface area contributed by atoms with Gasteiger partial charge in [0.1, 0.15) is 11.7 Å². The molecule has 0 aliphatic heterocycles. The summed E-state index contributed by atoms with van der Waals surface area (Å²) in [5.41, 5.74) is 3.80. The van der Waals surface area contributed by atoms with Gasteiger partial charge in [0.15, 0.2) is 5.78 Å². The van der Waals surface area contributed by atoms with Crippen LogP contribution in [-0.4, -0.2) is 29.9 Å². The van der Waals surface area contributed by atoms with E-state index in [1.165, 1.54) is 0 Å². The largest absolute Gasteiger partial charge is 0.345 e. The highest BCUT2D eigenvalue weighted by Gasteiger charge is 2.43. The van der Waals surface area contributed by atoms with E-state index in [-0.39, 0.29) is 42.7 Å². The third-order valence-corrected chi connectivity index (χ3v) is 4.61. The molecule has 1 aliphatic rings. The van der Waals surface area contributed by atoms with Gasteiger partial charge in [0.05, 0.1) is 12.4 Å². The fraction of sp³-hybridized carbons (Fsp3) is 0.450. The van der Waals surface area contributed by atoms with E-state index in [2.05, 4.69) is 17.2 Å². The maximum atomic E-state index is 12.8. The minimum absolute atomic E-state index is 0.0214. The van der Waals surface area contributed by atoms with Crippen LogP contribution >= 0.6 is 11.6 Å². The Morgan fingerprint density at radius 3 is 2.44 bits per heavy atom. The highest BCUT2D eigenvalue weighted by Crippen LogP contribution is 2.37. The summed E-state index contributed by atoms with van der Waals surface area (Å²) in [5, 5.41) is 2.63. The van der Waals surface area contributed by atoms with Crippen molar-refractivity contribution in [3.8, 4) is 11.8 Å². The van der Waals surface area contributed by atoms with Gasteiger partial charge in [0, 0.05) is 18.8 Å². The van der Waals surface area contributed by atoms with Crippen LogP contribution in [0, 0.1) is 38.5 Å². The molecule has 1 aliphatic carbocycles. The summed E-state index contributed by atoms with van der Waals surface area (Å²) < 4.78 is 0. The lowest BCUT2D eigenvalue weighted by Gasteiger charge is -2.16. The van der Waals surface area contributed by atoms with E-state index >= 15 is 0 Å². The number of hydrogen-bond donors (Lipinski definition) is 1. The summed E-state index contributed by atoms with van der Waals surface area (Å²) in [5.74, 6) is 3.73. The molecule has 132 valence electrons. The molecular weight excluding hydrogens is 338 g/mol. The standard InChI is InChI=1S/C20H22ClNO3/c1-12-8-13(2)18(14(3)9-12)19-16(23)10-15(20(19)25)11-17(24)22-7-5-4-6-21/h8-9,15,19H,6-7,10-11H2,1-3H3,(H,22,24). The number of halogens is 1. The maximum absolute atomic E-state index is 12.8. The lowest BCUT2D eigenvalue weighted by atomic mass is 9.86. The Morgan fingerprint density at radius 2 is 1.84 bits per heavy atom. The maximum Gasteiger partial charge on any atom is 0.221 e. The molecule has 0 radical (unpaired) electrons. The Balaban J connectivity index is 2.11. The van der Waals surface area contributed by atoms with Gasteiger partial charge in [0.25, 0.3) is 0 Å². The van der Waals surface area contributed by atoms with Gasteiger partial charge in [-0.2, -0.15) is 0 Å². The second kappa shape index (κ2) is 8.31. The van der Waals surface area contributed by atoms with Crippen molar-refractivity contribution in [2.24, 2.45) is 5.92 Å². The van der Waals surface area contributed by atoms with Gasteiger partial charge in [-0.25, -0.2) is 0 Å². The van der Waals surface area contributed by atoms with Crippen LogP contribution in [0.1, 0.15) is 41.0 Å². The first-order valence-electron chi connectivity index (χ1n) is 8.27. The SMILES string of the molecule is Cc1cc(C)c(C2C(=O)CC(CC(=O)NCC#CCCl)C2=O)c(C)c1. The molecule has 0 heterocycles. The monoisotopic (exact) mass is 359 g/mol. The molecule has 2 atom stereocenters. The van der Waals surface area contributed by atoms with Crippen LogP contribution < -0.4 is 5.32 Å². The van der Waals surface area contributed by atoms with Crippen molar-refractivity contribution in [3.05, 3.63) is 34.4 Å². The number of aryl methyl sites for hydroxylation is 3. The van der Waals surface area contributed by atoms with Crippen molar-refractivity contribution < 1.29 is 14.4 Å². The second-order valence-electron chi connectivity index (χ2n) is 6.48. The number of carbonyl (C=O) groups excluding carboxylic acids is 3. The van der Waals surface area contributed by atoms with Crippen LogP contribution in [0.2, 0.25) is 0 Å². The molecule has 0 aromatic heterocycles. The van der Waals surface area contributed by atoms with E-state index in [0.29, 0.717) is 0 Å². The zero-order valence-electron chi connectivity index (χ0n) is 14.7. The Hall–Kier alpha value is -2.12. The third kappa shape index (κ3) is 4.49. The first kappa shape index (κ1) is 19.2. The number of rotatable bonds is 4. The van der Waals surface area contributed by atoms with Crippen molar-refractivity contribution in [2.75, 3.05) is 12.4 Å². The number of ketones is 2. The number of benzene rings is 1. The molecule has 1 aromatic carbocycles.